The van der Waals surface area contributed by atoms with Gasteiger partial charge in [0.1, 0.15) is 22.2 Å². The van der Waals surface area contributed by atoms with Gasteiger partial charge < -0.3 is 5.73 Å². The summed E-state index contributed by atoms with van der Waals surface area (Å²) in [4.78, 5) is -0.857. The summed E-state index contributed by atoms with van der Waals surface area (Å²) in [5, 5.41) is 0. The van der Waals surface area contributed by atoms with Crippen LogP contribution in [0.15, 0.2) is 35.2 Å². The molecule has 112 valence electrons. The molecular weight excluding hydrogens is 305 g/mol. The Morgan fingerprint density at radius 1 is 1.05 bits per heavy atom. The number of nitrogen functional groups attached to an aromatic ring is 1. The lowest BCUT2D eigenvalue weighted by Crippen LogP contribution is -2.17. The van der Waals surface area contributed by atoms with Crippen LogP contribution >= 0.6 is 0 Å². The van der Waals surface area contributed by atoms with Crippen LogP contribution in [0.3, 0.4) is 0 Å². The molecule has 0 heterocycles. The predicted octanol–water partition coefficient (Wildman–Crippen LogP) is 2.80. The average Bonchev–Trinajstić information content (AvgIpc) is 2.40. The molecule has 0 saturated carbocycles. The van der Waals surface area contributed by atoms with Crippen molar-refractivity contribution >= 4 is 21.4 Å². The molecule has 0 saturated heterocycles. The minimum atomic E-state index is -4.44. The summed E-state index contributed by atoms with van der Waals surface area (Å²) < 4.78 is 66.6. The highest BCUT2D eigenvalue weighted by atomic mass is 32.2. The minimum absolute atomic E-state index is 0.306. The second-order valence-corrected chi connectivity index (χ2v) is 5.96. The zero-order valence-electron chi connectivity index (χ0n) is 10.8. The van der Waals surface area contributed by atoms with Crippen LogP contribution in [-0.4, -0.2) is 8.42 Å². The first-order chi connectivity index (χ1) is 9.74. The SMILES string of the molecule is Cc1cccc(F)c1NS(=O)(=O)c1ccc(F)c(N)c1F. The van der Waals surface area contributed by atoms with Gasteiger partial charge in [-0.3, -0.25) is 4.72 Å². The first-order valence-electron chi connectivity index (χ1n) is 5.75. The molecule has 0 spiro atoms. The number of benzene rings is 2. The van der Waals surface area contributed by atoms with Crippen molar-refractivity contribution in [3.63, 3.8) is 0 Å². The van der Waals surface area contributed by atoms with Gasteiger partial charge in [0.2, 0.25) is 0 Å². The summed E-state index contributed by atoms with van der Waals surface area (Å²) >= 11 is 0. The van der Waals surface area contributed by atoms with Crippen molar-refractivity contribution in [2.75, 3.05) is 10.5 Å². The fourth-order valence-electron chi connectivity index (χ4n) is 1.71. The molecule has 0 bridgehead atoms. The minimum Gasteiger partial charge on any atom is -0.394 e. The Morgan fingerprint density at radius 2 is 1.71 bits per heavy atom. The molecule has 2 rings (SSSR count). The Kier molecular flexibility index (Phi) is 3.82. The van der Waals surface area contributed by atoms with Gasteiger partial charge in [0.25, 0.3) is 10.0 Å². The number of hydrogen-bond donors (Lipinski definition) is 2. The van der Waals surface area contributed by atoms with Gasteiger partial charge in [0.05, 0.1) is 5.69 Å². The summed E-state index contributed by atoms with van der Waals surface area (Å²) in [5.41, 5.74) is 4.21. The molecule has 2 aromatic rings. The third-order valence-corrected chi connectivity index (χ3v) is 4.21. The first-order valence-corrected chi connectivity index (χ1v) is 7.24. The largest absolute Gasteiger partial charge is 0.394 e. The molecule has 21 heavy (non-hydrogen) atoms. The average molecular weight is 316 g/mol. The Hall–Kier alpha value is -2.22. The normalized spacial score (nSPS) is 11.4. The molecular formula is C13H11F3N2O2S. The Balaban J connectivity index is 2.52. The van der Waals surface area contributed by atoms with Gasteiger partial charge >= 0.3 is 0 Å². The summed E-state index contributed by atoms with van der Waals surface area (Å²) in [6.45, 7) is 1.48. The monoisotopic (exact) mass is 316 g/mol. The van der Waals surface area contributed by atoms with Crippen LogP contribution in [0.1, 0.15) is 5.56 Å². The molecule has 0 aromatic heterocycles. The van der Waals surface area contributed by atoms with Gasteiger partial charge in [-0.2, -0.15) is 0 Å². The number of halogens is 3. The highest BCUT2D eigenvalue weighted by molar-refractivity contribution is 7.92. The molecule has 0 atom stereocenters. The fourth-order valence-corrected chi connectivity index (χ4v) is 2.94. The maximum absolute atomic E-state index is 13.8. The van der Waals surface area contributed by atoms with E-state index in [0.717, 1.165) is 18.2 Å². The zero-order chi connectivity index (χ0) is 15.8. The number of aryl methyl sites for hydroxylation is 1. The standard InChI is InChI=1S/C13H11F3N2O2S/c1-7-3-2-4-9(15)13(7)18-21(19,20)10-6-5-8(14)12(17)11(10)16/h2-6,18H,17H2,1H3. The van der Waals surface area contributed by atoms with E-state index in [-0.39, 0.29) is 5.69 Å². The third-order valence-electron chi connectivity index (χ3n) is 2.84. The lowest BCUT2D eigenvalue weighted by Gasteiger charge is -2.12. The van der Waals surface area contributed by atoms with Crippen LogP contribution in [-0.2, 0) is 10.0 Å². The molecule has 0 amide bonds. The van der Waals surface area contributed by atoms with E-state index in [9.17, 15) is 21.6 Å². The summed E-state index contributed by atoms with van der Waals surface area (Å²) in [6, 6.07) is 5.39. The Bertz CT molecular complexity index is 787. The van der Waals surface area contributed by atoms with E-state index in [4.69, 9.17) is 5.73 Å². The van der Waals surface area contributed by atoms with E-state index in [0.29, 0.717) is 5.56 Å². The number of para-hydroxylation sites is 1. The maximum Gasteiger partial charge on any atom is 0.265 e. The number of nitrogens with one attached hydrogen (secondary N) is 1. The van der Waals surface area contributed by atoms with Crippen LogP contribution in [0.5, 0.6) is 0 Å². The van der Waals surface area contributed by atoms with Crippen molar-refractivity contribution in [2.24, 2.45) is 0 Å². The van der Waals surface area contributed by atoms with E-state index in [1.54, 1.807) is 0 Å². The van der Waals surface area contributed by atoms with Crippen LogP contribution in [0.4, 0.5) is 24.5 Å². The summed E-state index contributed by atoms with van der Waals surface area (Å²) in [7, 11) is -4.44. The number of anilines is 2. The molecule has 0 unspecified atom stereocenters. The molecule has 2 aromatic carbocycles. The number of nitrogens with two attached hydrogens (primary N) is 1. The Morgan fingerprint density at radius 3 is 2.33 bits per heavy atom. The van der Waals surface area contributed by atoms with Crippen molar-refractivity contribution in [1.29, 1.82) is 0 Å². The predicted molar refractivity (Wildman–Crippen MR) is 72.7 cm³/mol. The fraction of sp³-hybridized carbons (Fsp3) is 0.0769. The zero-order valence-corrected chi connectivity index (χ0v) is 11.6. The van der Waals surface area contributed by atoms with Crippen LogP contribution < -0.4 is 10.5 Å². The van der Waals surface area contributed by atoms with Crippen LogP contribution in [0.2, 0.25) is 0 Å². The maximum atomic E-state index is 13.8. The number of hydrogen-bond acceptors (Lipinski definition) is 3. The van der Waals surface area contributed by atoms with E-state index in [1.807, 2.05) is 4.72 Å². The van der Waals surface area contributed by atoms with E-state index in [1.165, 1.54) is 19.1 Å². The van der Waals surface area contributed by atoms with Crippen molar-refractivity contribution in [3.8, 4) is 0 Å². The molecule has 8 heteroatoms. The van der Waals surface area contributed by atoms with Crippen molar-refractivity contribution in [2.45, 2.75) is 11.8 Å². The van der Waals surface area contributed by atoms with Crippen molar-refractivity contribution in [3.05, 3.63) is 53.3 Å². The van der Waals surface area contributed by atoms with Crippen LogP contribution in [0, 0.1) is 24.4 Å². The van der Waals surface area contributed by atoms with Crippen LogP contribution in [0.25, 0.3) is 0 Å². The molecule has 3 N–H and O–H groups in total. The second kappa shape index (κ2) is 5.28. The summed E-state index contributed by atoms with van der Waals surface area (Å²) in [5.74, 6) is -3.31. The lowest BCUT2D eigenvalue weighted by molar-refractivity contribution is 0.556. The first kappa shape index (κ1) is 15.2. The smallest absolute Gasteiger partial charge is 0.265 e. The third kappa shape index (κ3) is 2.80. The van der Waals surface area contributed by atoms with Gasteiger partial charge in [0.15, 0.2) is 5.82 Å². The lowest BCUT2D eigenvalue weighted by atomic mass is 10.2. The molecule has 0 fully saturated rings. The van der Waals surface area contributed by atoms with Gasteiger partial charge in [-0.1, -0.05) is 12.1 Å². The van der Waals surface area contributed by atoms with E-state index in [2.05, 4.69) is 0 Å². The molecule has 0 aliphatic carbocycles. The van der Waals surface area contributed by atoms with Crippen molar-refractivity contribution in [1.82, 2.24) is 0 Å². The summed E-state index contributed by atoms with van der Waals surface area (Å²) in [6.07, 6.45) is 0. The van der Waals surface area contributed by atoms with Gasteiger partial charge in [-0.25, -0.2) is 21.6 Å². The quantitative estimate of drug-likeness (QED) is 0.855. The highest BCUT2D eigenvalue weighted by Crippen LogP contribution is 2.27. The topological polar surface area (TPSA) is 72.2 Å². The Labute approximate surface area is 119 Å². The van der Waals surface area contributed by atoms with Gasteiger partial charge in [0, 0.05) is 0 Å². The second-order valence-electron chi connectivity index (χ2n) is 4.31. The molecule has 0 radical (unpaired) electrons. The van der Waals surface area contributed by atoms with E-state index < -0.39 is 38.1 Å². The van der Waals surface area contributed by atoms with Crippen molar-refractivity contribution < 1.29 is 21.6 Å². The molecule has 0 aliphatic rings. The molecule has 4 nitrogen and oxygen atoms in total. The number of sulfonamides is 1. The molecule has 0 aliphatic heterocycles. The van der Waals surface area contributed by atoms with Gasteiger partial charge in [-0.15, -0.1) is 0 Å². The highest BCUT2D eigenvalue weighted by Gasteiger charge is 2.24. The van der Waals surface area contributed by atoms with Gasteiger partial charge in [-0.05, 0) is 30.7 Å². The van der Waals surface area contributed by atoms with E-state index >= 15 is 0 Å². The number of rotatable bonds is 3.